The molecule has 0 spiro atoms. The molecule has 0 bridgehead atoms. The van der Waals surface area contributed by atoms with Crippen LogP contribution >= 0.6 is 0 Å². The van der Waals surface area contributed by atoms with Gasteiger partial charge in [0.15, 0.2) is 0 Å². The van der Waals surface area contributed by atoms with Crippen LogP contribution in [0.4, 0.5) is 14.5 Å². The predicted octanol–water partition coefficient (Wildman–Crippen LogP) is 2.09. The Morgan fingerprint density at radius 3 is 2.73 bits per heavy atom. The van der Waals surface area contributed by atoms with E-state index in [1.807, 2.05) is 0 Å². The summed E-state index contributed by atoms with van der Waals surface area (Å²) in [6.07, 6.45) is -2.44. The lowest BCUT2D eigenvalue weighted by atomic mass is 10.2. The molecule has 0 aliphatic rings. The Kier molecular flexibility index (Phi) is 3.60. The molecule has 5 heteroatoms. The van der Waals surface area contributed by atoms with Crippen molar-refractivity contribution in [3.8, 4) is 0 Å². The second-order valence-corrected chi connectivity index (χ2v) is 3.13. The minimum Gasteiger partial charge on any atom is -0.478 e. The smallest absolute Gasteiger partial charge is 0.335 e. The summed E-state index contributed by atoms with van der Waals surface area (Å²) in [5.74, 6) is -1.07. The van der Waals surface area contributed by atoms with Crippen LogP contribution in [0.1, 0.15) is 10.4 Å². The summed E-state index contributed by atoms with van der Waals surface area (Å²) in [6, 6.07) is 5.91. The van der Waals surface area contributed by atoms with Gasteiger partial charge in [-0.15, -0.1) is 0 Å². The number of carboxylic acids is 1. The van der Waals surface area contributed by atoms with E-state index in [1.54, 1.807) is 6.07 Å². The van der Waals surface area contributed by atoms with Gasteiger partial charge in [-0.1, -0.05) is 6.07 Å². The van der Waals surface area contributed by atoms with Crippen LogP contribution in [0.3, 0.4) is 0 Å². The number of anilines is 1. The zero-order chi connectivity index (χ0) is 11.4. The number of carboxylic acid groups (broad SMARTS) is 1. The Hall–Kier alpha value is -1.65. The number of benzene rings is 1. The molecule has 1 aromatic carbocycles. The minimum absolute atomic E-state index is 0.0913. The van der Waals surface area contributed by atoms with E-state index in [-0.39, 0.29) is 5.56 Å². The van der Waals surface area contributed by atoms with E-state index >= 15 is 0 Å². The highest BCUT2D eigenvalue weighted by molar-refractivity contribution is 5.88. The SMILES string of the molecule is CN(CC(F)F)c1cccc(C(=O)O)c1. The van der Waals surface area contributed by atoms with Gasteiger partial charge >= 0.3 is 5.97 Å². The largest absolute Gasteiger partial charge is 0.478 e. The third kappa shape index (κ3) is 3.19. The molecular weight excluding hydrogens is 204 g/mol. The van der Waals surface area contributed by atoms with Gasteiger partial charge in [0.1, 0.15) is 0 Å². The summed E-state index contributed by atoms with van der Waals surface area (Å²) >= 11 is 0. The summed E-state index contributed by atoms with van der Waals surface area (Å²) in [4.78, 5) is 11.9. The predicted molar refractivity (Wildman–Crippen MR) is 52.7 cm³/mol. The number of alkyl halides is 2. The Morgan fingerprint density at radius 1 is 1.53 bits per heavy atom. The van der Waals surface area contributed by atoms with Crippen LogP contribution in [0.25, 0.3) is 0 Å². The van der Waals surface area contributed by atoms with Gasteiger partial charge in [0.25, 0.3) is 6.43 Å². The van der Waals surface area contributed by atoms with E-state index in [0.29, 0.717) is 5.69 Å². The van der Waals surface area contributed by atoms with Crippen LogP contribution in [-0.2, 0) is 0 Å². The van der Waals surface area contributed by atoms with E-state index in [4.69, 9.17) is 5.11 Å². The third-order valence-corrected chi connectivity index (χ3v) is 1.95. The first-order valence-electron chi connectivity index (χ1n) is 4.33. The standard InChI is InChI=1S/C10H11F2NO2/c1-13(6-9(11)12)8-4-2-3-7(5-8)10(14)15/h2-5,9H,6H2,1H3,(H,14,15). The molecular formula is C10H11F2NO2. The van der Waals surface area contributed by atoms with Gasteiger partial charge in [0, 0.05) is 12.7 Å². The van der Waals surface area contributed by atoms with E-state index in [0.717, 1.165) is 0 Å². The minimum atomic E-state index is -2.44. The number of hydrogen-bond acceptors (Lipinski definition) is 2. The summed E-state index contributed by atoms with van der Waals surface area (Å²) in [5, 5.41) is 8.71. The molecule has 0 fully saturated rings. The van der Waals surface area contributed by atoms with Crippen LogP contribution in [0.5, 0.6) is 0 Å². The first-order chi connectivity index (χ1) is 7.00. The highest BCUT2D eigenvalue weighted by atomic mass is 19.3. The van der Waals surface area contributed by atoms with Crippen molar-refractivity contribution in [2.24, 2.45) is 0 Å². The molecule has 0 amide bonds. The second-order valence-electron chi connectivity index (χ2n) is 3.13. The lowest BCUT2D eigenvalue weighted by Crippen LogP contribution is -2.24. The molecule has 82 valence electrons. The van der Waals surface area contributed by atoms with Gasteiger partial charge < -0.3 is 10.0 Å². The summed E-state index contributed by atoms with van der Waals surface area (Å²) in [6.45, 7) is -0.414. The van der Waals surface area contributed by atoms with Crippen LogP contribution in [0.15, 0.2) is 24.3 Å². The maximum atomic E-state index is 12.1. The van der Waals surface area contributed by atoms with Gasteiger partial charge in [0.05, 0.1) is 12.1 Å². The van der Waals surface area contributed by atoms with Gasteiger partial charge in [-0.2, -0.15) is 0 Å². The van der Waals surface area contributed by atoms with Crippen molar-refractivity contribution in [1.29, 1.82) is 0 Å². The Balaban J connectivity index is 2.85. The molecule has 0 saturated carbocycles. The fourth-order valence-corrected chi connectivity index (χ4v) is 1.19. The Morgan fingerprint density at radius 2 is 2.20 bits per heavy atom. The molecule has 3 nitrogen and oxygen atoms in total. The second kappa shape index (κ2) is 4.72. The number of aromatic carboxylic acids is 1. The first-order valence-corrected chi connectivity index (χ1v) is 4.33. The molecule has 0 saturated heterocycles. The van der Waals surface area contributed by atoms with E-state index in [2.05, 4.69) is 0 Å². The molecule has 0 aliphatic carbocycles. The van der Waals surface area contributed by atoms with Gasteiger partial charge in [-0.25, -0.2) is 13.6 Å². The Bertz CT molecular complexity index is 355. The van der Waals surface area contributed by atoms with E-state index in [1.165, 1.54) is 30.1 Å². The number of nitrogens with zero attached hydrogens (tertiary/aromatic N) is 1. The lowest BCUT2D eigenvalue weighted by molar-refractivity contribution is 0.0697. The van der Waals surface area contributed by atoms with Gasteiger partial charge in [-0.05, 0) is 18.2 Å². The zero-order valence-electron chi connectivity index (χ0n) is 8.15. The van der Waals surface area contributed by atoms with E-state index in [9.17, 15) is 13.6 Å². The topological polar surface area (TPSA) is 40.5 Å². The molecule has 0 radical (unpaired) electrons. The molecule has 1 aromatic rings. The van der Waals surface area contributed by atoms with Crippen molar-refractivity contribution < 1.29 is 18.7 Å². The van der Waals surface area contributed by atoms with Crippen LogP contribution in [0, 0.1) is 0 Å². The summed E-state index contributed by atoms with van der Waals surface area (Å²) in [7, 11) is 1.49. The number of hydrogen-bond donors (Lipinski definition) is 1. The van der Waals surface area contributed by atoms with Crippen LogP contribution in [0.2, 0.25) is 0 Å². The highest BCUT2D eigenvalue weighted by Gasteiger charge is 2.10. The molecule has 15 heavy (non-hydrogen) atoms. The monoisotopic (exact) mass is 215 g/mol. The number of halogens is 2. The van der Waals surface area contributed by atoms with Crippen molar-refractivity contribution in [2.45, 2.75) is 6.43 Å². The van der Waals surface area contributed by atoms with Crippen LogP contribution in [-0.4, -0.2) is 31.1 Å². The van der Waals surface area contributed by atoms with Crippen molar-refractivity contribution in [1.82, 2.24) is 0 Å². The summed E-state index contributed by atoms with van der Waals surface area (Å²) < 4.78 is 24.1. The molecule has 1 N–H and O–H groups in total. The average molecular weight is 215 g/mol. The maximum absolute atomic E-state index is 12.1. The average Bonchev–Trinajstić information content (AvgIpc) is 2.17. The summed E-state index contributed by atoms with van der Waals surface area (Å²) in [5.41, 5.74) is 0.559. The molecule has 0 heterocycles. The number of rotatable bonds is 4. The van der Waals surface area contributed by atoms with E-state index < -0.39 is 18.9 Å². The lowest BCUT2D eigenvalue weighted by Gasteiger charge is -2.18. The molecule has 0 atom stereocenters. The highest BCUT2D eigenvalue weighted by Crippen LogP contribution is 2.15. The van der Waals surface area contributed by atoms with Gasteiger partial charge in [0.2, 0.25) is 0 Å². The fourth-order valence-electron chi connectivity index (χ4n) is 1.19. The first kappa shape index (κ1) is 11.4. The maximum Gasteiger partial charge on any atom is 0.335 e. The van der Waals surface area contributed by atoms with Gasteiger partial charge in [-0.3, -0.25) is 0 Å². The van der Waals surface area contributed by atoms with Crippen molar-refractivity contribution in [2.75, 3.05) is 18.5 Å². The fraction of sp³-hybridized carbons (Fsp3) is 0.300. The normalized spacial score (nSPS) is 10.4. The molecule has 1 rings (SSSR count). The zero-order valence-corrected chi connectivity index (χ0v) is 8.15. The number of carbonyl (C=O) groups is 1. The molecule has 0 aromatic heterocycles. The Labute approximate surface area is 85.9 Å². The molecule has 0 unspecified atom stereocenters. The van der Waals surface area contributed by atoms with Crippen molar-refractivity contribution in [3.63, 3.8) is 0 Å². The molecule has 0 aliphatic heterocycles. The van der Waals surface area contributed by atoms with Crippen LogP contribution < -0.4 is 4.90 Å². The third-order valence-electron chi connectivity index (χ3n) is 1.95. The van der Waals surface area contributed by atoms with Crippen molar-refractivity contribution in [3.05, 3.63) is 29.8 Å². The quantitative estimate of drug-likeness (QED) is 0.836. The van der Waals surface area contributed by atoms with Crippen molar-refractivity contribution >= 4 is 11.7 Å².